The van der Waals surface area contributed by atoms with E-state index in [1.54, 1.807) is 6.07 Å². The van der Waals surface area contributed by atoms with E-state index in [0.29, 0.717) is 11.9 Å². The molecule has 1 aromatic carbocycles. The summed E-state index contributed by atoms with van der Waals surface area (Å²) in [5.74, 6) is -1.08. The summed E-state index contributed by atoms with van der Waals surface area (Å²) in [4.78, 5) is 13.9. The predicted octanol–water partition coefficient (Wildman–Crippen LogP) is 3.50. The van der Waals surface area contributed by atoms with Crippen molar-refractivity contribution in [1.29, 1.82) is 0 Å². The van der Waals surface area contributed by atoms with Gasteiger partial charge in [0.05, 0.1) is 16.8 Å². The van der Waals surface area contributed by atoms with Gasteiger partial charge in [0.25, 0.3) is 0 Å². The Balaban J connectivity index is 2.27. The second-order valence-electron chi connectivity index (χ2n) is 6.27. The highest BCUT2D eigenvalue weighted by Crippen LogP contribution is 2.37. The molecule has 0 spiro atoms. The summed E-state index contributed by atoms with van der Waals surface area (Å²) in [5.41, 5.74) is 8.63. The Morgan fingerprint density at radius 2 is 1.86 bits per heavy atom. The number of nitrogens with zero attached hydrogens (tertiary/aromatic N) is 3. The Kier molecular flexibility index (Phi) is 4.20. The number of carbonyl (C=O) groups is 1. The lowest BCUT2D eigenvalue weighted by Gasteiger charge is -2.32. The number of rotatable bonds is 4. The molecule has 0 bridgehead atoms. The first kappa shape index (κ1) is 16.4. The fourth-order valence-electron chi connectivity index (χ4n) is 2.27. The van der Waals surface area contributed by atoms with Gasteiger partial charge in [0.2, 0.25) is 0 Å². The fourth-order valence-corrected chi connectivity index (χ4v) is 2.27. The van der Waals surface area contributed by atoms with Crippen molar-refractivity contribution in [2.75, 3.05) is 0 Å². The van der Waals surface area contributed by atoms with Gasteiger partial charge in [-0.15, -0.1) is 0 Å². The first-order chi connectivity index (χ1) is 10.1. The van der Waals surface area contributed by atoms with E-state index in [4.69, 9.17) is 19.9 Å². The van der Waals surface area contributed by atoms with Gasteiger partial charge in [-0.05, 0) is 57.0 Å². The third kappa shape index (κ3) is 3.25. The van der Waals surface area contributed by atoms with Crippen molar-refractivity contribution < 1.29 is 19.2 Å². The largest absolute Gasteiger partial charge is 0.478 e. The molecule has 0 atom stereocenters. The lowest BCUT2D eigenvalue weighted by atomic mass is 9.80. The maximum Gasteiger partial charge on any atom is 0.462 e. The minimum absolute atomic E-state index is 0.0661. The van der Waals surface area contributed by atoms with Crippen molar-refractivity contribution in [1.82, 2.24) is 0 Å². The van der Waals surface area contributed by atoms with Crippen molar-refractivity contribution in [2.45, 2.75) is 45.2 Å². The van der Waals surface area contributed by atoms with Crippen LogP contribution in [0.4, 0.5) is 5.69 Å². The quantitative estimate of drug-likeness (QED) is 0.397. The lowest BCUT2D eigenvalue weighted by Crippen LogP contribution is -2.41. The molecule has 0 amide bonds. The van der Waals surface area contributed by atoms with Gasteiger partial charge in [-0.1, -0.05) is 5.11 Å². The normalized spacial score (nSPS) is 18.8. The molecule has 1 aromatic rings. The second-order valence-corrected chi connectivity index (χ2v) is 6.27. The predicted molar refractivity (Wildman–Crippen MR) is 82.0 cm³/mol. The van der Waals surface area contributed by atoms with Crippen LogP contribution in [0.15, 0.2) is 23.3 Å². The van der Waals surface area contributed by atoms with Crippen molar-refractivity contribution in [2.24, 2.45) is 5.11 Å². The van der Waals surface area contributed by atoms with Crippen molar-refractivity contribution >= 4 is 18.8 Å². The van der Waals surface area contributed by atoms with Crippen LogP contribution in [0.1, 0.15) is 43.6 Å². The molecule has 116 valence electrons. The number of aromatic carboxylic acids is 1. The SMILES string of the molecule is CC1(C)OB(Cc2cc(N=[N+]=[N-])cc(C(=O)O)c2)OC1(C)C. The summed E-state index contributed by atoms with van der Waals surface area (Å²) in [5, 5.41) is 12.6. The van der Waals surface area contributed by atoms with E-state index in [-0.39, 0.29) is 11.3 Å². The van der Waals surface area contributed by atoms with E-state index in [0.717, 1.165) is 0 Å². The first-order valence-electron chi connectivity index (χ1n) is 6.92. The van der Waals surface area contributed by atoms with Gasteiger partial charge in [-0.2, -0.15) is 0 Å². The molecule has 1 aliphatic heterocycles. The van der Waals surface area contributed by atoms with Gasteiger partial charge in [0.15, 0.2) is 0 Å². The van der Waals surface area contributed by atoms with Gasteiger partial charge in [0, 0.05) is 16.9 Å². The molecular weight excluding hydrogens is 285 g/mol. The van der Waals surface area contributed by atoms with Gasteiger partial charge < -0.3 is 14.4 Å². The zero-order valence-electron chi connectivity index (χ0n) is 13.0. The van der Waals surface area contributed by atoms with Crippen LogP contribution in [0.25, 0.3) is 10.4 Å². The van der Waals surface area contributed by atoms with Crippen LogP contribution in [0.3, 0.4) is 0 Å². The van der Waals surface area contributed by atoms with Crippen molar-refractivity contribution in [3.63, 3.8) is 0 Å². The molecule has 1 fully saturated rings. The van der Waals surface area contributed by atoms with E-state index < -0.39 is 24.3 Å². The van der Waals surface area contributed by atoms with Crippen molar-refractivity contribution in [3.05, 3.63) is 39.8 Å². The van der Waals surface area contributed by atoms with Crippen LogP contribution < -0.4 is 0 Å². The number of benzene rings is 1. The first-order valence-corrected chi connectivity index (χ1v) is 6.92. The molecule has 1 N–H and O–H groups in total. The van der Waals surface area contributed by atoms with E-state index in [1.165, 1.54) is 12.1 Å². The smallest absolute Gasteiger partial charge is 0.462 e. The molecule has 1 heterocycles. The average molecular weight is 303 g/mol. The highest BCUT2D eigenvalue weighted by Gasteiger charge is 2.50. The molecule has 0 unspecified atom stereocenters. The summed E-state index contributed by atoms with van der Waals surface area (Å²) >= 11 is 0. The molecule has 0 radical (unpaired) electrons. The Morgan fingerprint density at radius 3 is 2.36 bits per heavy atom. The minimum atomic E-state index is -1.08. The fraction of sp³-hybridized carbons (Fsp3) is 0.500. The van der Waals surface area contributed by atoms with E-state index >= 15 is 0 Å². The van der Waals surface area contributed by atoms with Gasteiger partial charge in [-0.25, -0.2) is 4.79 Å². The van der Waals surface area contributed by atoms with Crippen LogP contribution >= 0.6 is 0 Å². The van der Waals surface area contributed by atoms with Crippen LogP contribution in [0.5, 0.6) is 0 Å². The molecule has 1 aliphatic rings. The summed E-state index contributed by atoms with van der Waals surface area (Å²) in [6.07, 6.45) is 0.377. The van der Waals surface area contributed by atoms with E-state index in [9.17, 15) is 4.79 Å². The number of azide groups is 1. The molecule has 22 heavy (non-hydrogen) atoms. The summed E-state index contributed by atoms with van der Waals surface area (Å²) in [6, 6.07) is 4.50. The zero-order valence-corrected chi connectivity index (χ0v) is 13.0. The summed E-state index contributed by atoms with van der Waals surface area (Å²) in [7, 11) is -0.479. The second kappa shape index (κ2) is 5.64. The Labute approximate surface area is 129 Å². The third-order valence-electron chi connectivity index (χ3n) is 4.09. The Bertz CT molecular complexity index is 617. The maximum absolute atomic E-state index is 11.2. The summed E-state index contributed by atoms with van der Waals surface area (Å²) in [6.45, 7) is 7.80. The molecular formula is C14H18BN3O4. The van der Waals surface area contributed by atoms with Gasteiger partial charge in [0.1, 0.15) is 0 Å². The van der Waals surface area contributed by atoms with Gasteiger partial charge in [-0.3, -0.25) is 0 Å². The monoisotopic (exact) mass is 303 g/mol. The van der Waals surface area contributed by atoms with Gasteiger partial charge >= 0.3 is 13.1 Å². The number of hydrogen-bond acceptors (Lipinski definition) is 4. The lowest BCUT2D eigenvalue weighted by molar-refractivity contribution is 0.00578. The topological polar surface area (TPSA) is 105 Å². The van der Waals surface area contributed by atoms with Crippen LogP contribution in [-0.2, 0) is 15.6 Å². The number of hydrogen-bond donors (Lipinski definition) is 1. The molecule has 2 rings (SSSR count). The molecule has 0 saturated carbocycles. The molecule has 8 heteroatoms. The third-order valence-corrected chi connectivity index (χ3v) is 4.09. The van der Waals surface area contributed by atoms with Crippen LogP contribution in [-0.4, -0.2) is 29.4 Å². The Hall–Kier alpha value is -2.02. The van der Waals surface area contributed by atoms with E-state index in [2.05, 4.69) is 10.0 Å². The van der Waals surface area contributed by atoms with Crippen LogP contribution in [0.2, 0.25) is 0 Å². The van der Waals surface area contributed by atoms with E-state index in [1.807, 2.05) is 27.7 Å². The number of carboxylic acid groups (broad SMARTS) is 1. The Morgan fingerprint density at radius 1 is 1.27 bits per heavy atom. The maximum atomic E-state index is 11.2. The van der Waals surface area contributed by atoms with Crippen molar-refractivity contribution in [3.8, 4) is 0 Å². The summed E-state index contributed by atoms with van der Waals surface area (Å²) < 4.78 is 11.8. The molecule has 0 aromatic heterocycles. The average Bonchev–Trinajstić information content (AvgIpc) is 2.57. The molecule has 1 saturated heterocycles. The molecule has 0 aliphatic carbocycles. The molecule has 7 nitrogen and oxygen atoms in total. The highest BCUT2D eigenvalue weighted by molar-refractivity contribution is 6.45. The number of carboxylic acids is 1. The standard InChI is InChI=1S/C14H18BN3O4/c1-13(2)14(3,4)22-15(21-13)8-9-5-10(12(19)20)7-11(6-9)17-18-16/h5-7H,8H2,1-4H3,(H,19,20). The highest BCUT2D eigenvalue weighted by atomic mass is 16.7. The zero-order chi connectivity index (χ0) is 16.5. The van der Waals surface area contributed by atoms with Crippen LogP contribution in [0, 0.1) is 0 Å². The minimum Gasteiger partial charge on any atom is -0.478 e.